The topological polar surface area (TPSA) is 82.5 Å². The summed E-state index contributed by atoms with van der Waals surface area (Å²) in [6.07, 6.45) is 1.26. The fraction of sp³-hybridized carbons (Fsp3) is 0.158. The Hall–Kier alpha value is -3.69. The molecule has 2 aromatic rings. The molecule has 0 spiro atoms. The fourth-order valence-corrected chi connectivity index (χ4v) is 2.99. The molecule has 0 aliphatic carbocycles. The van der Waals surface area contributed by atoms with Crippen LogP contribution in [-0.2, 0) is 6.18 Å². The molecule has 0 radical (unpaired) electrons. The largest absolute Gasteiger partial charge is 0.417 e. The third-order valence-corrected chi connectivity index (χ3v) is 4.31. The van der Waals surface area contributed by atoms with Gasteiger partial charge in [-0.15, -0.1) is 0 Å². The average Bonchev–Trinajstić information content (AvgIpc) is 3.09. The van der Waals surface area contributed by atoms with Crippen molar-refractivity contribution in [1.82, 2.24) is 25.6 Å². The van der Waals surface area contributed by atoms with Gasteiger partial charge in [-0.3, -0.25) is 4.79 Å². The van der Waals surface area contributed by atoms with Gasteiger partial charge < -0.3 is 10.6 Å². The molecular formula is C19H15F3N6O. The van der Waals surface area contributed by atoms with E-state index in [0.717, 1.165) is 6.07 Å². The molecule has 1 aromatic heterocycles. The van der Waals surface area contributed by atoms with Crippen molar-refractivity contribution in [2.45, 2.75) is 19.3 Å². The summed E-state index contributed by atoms with van der Waals surface area (Å²) >= 11 is 0. The van der Waals surface area contributed by atoms with Gasteiger partial charge in [0, 0.05) is 18.0 Å². The quantitative estimate of drug-likeness (QED) is 0.828. The number of carbonyl (C=O) groups is 1. The minimum Gasteiger partial charge on any atom is -0.363 e. The van der Waals surface area contributed by atoms with Crippen LogP contribution < -0.4 is 10.6 Å². The summed E-state index contributed by atoms with van der Waals surface area (Å²) in [6.45, 7) is 1.66. The van der Waals surface area contributed by atoms with E-state index < -0.39 is 23.8 Å². The third-order valence-electron chi connectivity index (χ3n) is 4.31. The van der Waals surface area contributed by atoms with E-state index in [1.807, 2.05) is 0 Å². The van der Waals surface area contributed by atoms with E-state index in [2.05, 4.69) is 25.7 Å². The number of hydrogen-bond donors (Lipinski definition) is 2. The minimum atomic E-state index is -4.51. The Morgan fingerprint density at radius 3 is 2.79 bits per heavy atom. The molecule has 4 rings (SSSR count). The number of allylic oxidation sites excluding steroid dienone is 1. The van der Waals surface area contributed by atoms with E-state index in [1.165, 1.54) is 47.7 Å². The molecule has 3 heterocycles. The number of carbonyl (C=O) groups excluding carboxylic acids is 1. The van der Waals surface area contributed by atoms with Crippen LogP contribution in [0, 0.1) is 6.92 Å². The van der Waals surface area contributed by atoms with Crippen molar-refractivity contribution >= 4 is 11.6 Å². The van der Waals surface area contributed by atoms with Crippen LogP contribution >= 0.6 is 0 Å². The number of halogens is 3. The number of nitrogens with one attached hydrogen (secondary N) is 2. The number of hydrogen-bond acceptors (Lipinski definition) is 6. The zero-order chi connectivity index (χ0) is 20.6. The van der Waals surface area contributed by atoms with Crippen molar-refractivity contribution in [3.05, 3.63) is 83.3 Å². The Balaban J connectivity index is 1.61. The number of alkyl halides is 3. The summed E-state index contributed by atoms with van der Waals surface area (Å²) in [5.74, 6) is 0.257. The van der Waals surface area contributed by atoms with Crippen LogP contribution in [-0.4, -0.2) is 32.8 Å². The molecule has 1 aromatic carbocycles. The summed E-state index contributed by atoms with van der Waals surface area (Å²) in [4.78, 5) is 20.4. The number of fused-ring (bicyclic) bond motifs is 1. The molecule has 2 aliphatic heterocycles. The standard InChI is InChI=1S/C19H15F3N6O/c1-11-23-9-8-15(25-11)18(29)26-17-10-24-16-7-6-14(27-28(16)17)12-4-2-3-5-13(12)19(20,21)22/h2-10,16,24H,1H3,(H,26,29). The Morgan fingerprint density at radius 1 is 1.24 bits per heavy atom. The molecule has 0 saturated carbocycles. The van der Waals surface area contributed by atoms with E-state index in [0.29, 0.717) is 11.6 Å². The predicted molar refractivity (Wildman–Crippen MR) is 98.2 cm³/mol. The highest BCUT2D eigenvalue weighted by Gasteiger charge is 2.35. The first-order chi connectivity index (χ1) is 13.8. The van der Waals surface area contributed by atoms with Gasteiger partial charge in [-0.25, -0.2) is 15.0 Å². The Bertz CT molecular complexity index is 1060. The maximum absolute atomic E-state index is 13.4. The molecule has 1 amide bonds. The van der Waals surface area contributed by atoms with E-state index in [9.17, 15) is 18.0 Å². The van der Waals surface area contributed by atoms with Crippen LogP contribution in [0.25, 0.3) is 0 Å². The van der Waals surface area contributed by atoms with Crippen molar-refractivity contribution in [1.29, 1.82) is 0 Å². The number of hydrazone groups is 1. The summed E-state index contributed by atoms with van der Waals surface area (Å²) in [7, 11) is 0. The Labute approximate surface area is 163 Å². The van der Waals surface area contributed by atoms with Gasteiger partial charge in [0.05, 0.1) is 11.3 Å². The zero-order valence-corrected chi connectivity index (χ0v) is 15.1. The fourth-order valence-electron chi connectivity index (χ4n) is 2.99. The van der Waals surface area contributed by atoms with E-state index in [-0.39, 0.29) is 17.0 Å². The lowest BCUT2D eigenvalue weighted by atomic mass is 10.0. The third kappa shape index (κ3) is 3.68. The lowest BCUT2D eigenvalue weighted by molar-refractivity contribution is -0.137. The second-order valence-electron chi connectivity index (χ2n) is 6.32. The molecule has 148 valence electrons. The molecule has 1 atom stereocenters. The number of amides is 1. The first kappa shape index (κ1) is 18.7. The van der Waals surface area contributed by atoms with Crippen LogP contribution in [0.2, 0.25) is 0 Å². The maximum atomic E-state index is 13.4. The van der Waals surface area contributed by atoms with E-state index >= 15 is 0 Å². The van der Waals surface area contributed by atoms with Crippen molar-refractivity contribution in [3.63, 3.8) is 0 Å². The van der Waals surface area contributed by atoms with Gasteiger partial charge in [0.15, 0.2) is 0 Å². The van der Waals surface area contributed by atoms with Crippen LogP contribution in [0.1, 0.15) is 27.4 Å². The summed E-state index contributed by atoms with van der Waals surface area (Å²) in [5.41, 5.74) is -0.518. The summed E-state index contributed by atoms with van der Waals surface area (Å²) in [6, 6.07) is 6.69. The monoisotopic (exact) mass is 400 g/mol. The van der Waals surface area contributed by atoms with Crippen molar-refractivity contribution in [3.8, 4) is 0 Å². The van der Waals surface area contributed by atoms with Crippen molar-refractivity contribution in [2.24, 2.45) is 5.10 Å². The SMILES string of the molecule is Cc1nccc(C(=O)NC2=CNC3C=CC(c4ccccc4C(F)(F)F)=NN23)n1. The normalized spacial score (nSPS) is 17.9. The molecular weight excluding hydrogens is 385 g/mol. The van der Waals surface area contributed by atoms with Gasteiger partial charge in [-0.1, -0.05) is 18.2 Å². The highest BCUT2D eigenvalue weighted by molar-refractivity contribution is 6.10. The molecule has 7 nitrogen and oxygen atoms in total. The lowest BCUT2D eigenvalue weighted by Gasteiger charge is -2.26. The average molecular weight is 400 g/mol. The molecule has 29 heavy (non-hydrogen) atoms. The Kier molecular flexibility index (Phi) is 4.53. The van der Waals surface area contributed by atoms with E-state index in [1.54, 1.807) is 13.0 Å². The van der Waals surface area contributed by atoms with Gasteiger partial charge in [0.2, 0.25) is 0 Å². The first-order valence-electron chi connectivity index (χ1n) is 8.63. The predicted octanol–water partition coefficient (Wildman–Crippen LogP) is 2.54. The van der Waals surface area contributed by atoms with Gasteiger partial charge >= 0.3 is 6.18 Å². The van der Waals surface area contributed by atoms with Crippen LogP contribution in [0.5, 0.6) is 0 Å². The second-order valence-corrected chi connectivity index (χ2v) is 6.32. The number of benzene rings is 1. The molecule has 2 aliphatic rings. The minimum absolute atomic E-state index is 0.0429. The summed E-state index contributed by atoms with van der Waals surface area (Å²) in [5, 5.41) is 11.4. The number of nitrogens with zero attached hydrogens (tertiary/aromatic N) is 4. The van der Waals surface area contributed by atoms with Crippen LogP contribution in [0.4, 0.5) is 13.2 Å². The first-order valence-corrected chi connectivity index (χ1v) is 8.63. The van der Waals surface area contributed by atoms with Crippen molar-refractivity contribution in [2.75, 3.05) is 0 Å². The number of rotatable bonds is 3. The number of aryl methyl sites for hydroxylation is 1. The molecule has 0 saturated heterocycles. The van der Waals surface area contributed by atoms with Crippen LogP contribution in [0.3, 0.4) is 0 Å². The van der Waals surface area contributed by atoms with Gasteiger partial charge in [0.25, 0.3) is 5.91 Å². The second kappa shape index (κ2) is 7.04. The summed E-state index contributed by atoms with van der Waals surface area (Å²) < 4.78 is 40.1. The highest BCUT2D eigenvalue weighted by atomic mass is 19.4. The molecule has 10 heteroatoms. The Morgan fingerprint density at radius 2 is 2.03 bits per heavy atom. The van der Waals surface area contributed by atoms with Gasteiger partial charge in [-0.2, -0.15) is 18.3 Å². The smallest absolute Gasteiger partial charge is 0.363 e. The molecule has 2 N–H and O–H groups in total. The maximum Gasteiger partial charge on any atom is 0.417 e. The molecule has 0 fully saturated rings. The van der Waals surface area contributed by atoms with E-state index in [4.69, 9.17) is 0 Å². The zero-order valence-electron chi connectivity index (χ0n) is 15.1. The van der Waals surface area contributed by atoms with Gasteiger partial charge in [-0.05, 0) is 31.2 Å². The lowest BCUT2D eigenvalue weighted by Crippen LogP contribution is -2.39. The number of aromatic nitrogens is 2. The highest BCUT2D eigenvalue weighted by Crippen LogP contribution is 2.33. The molecule has 1 unspecified atom stereocenters. The molecule has 0 bridgehead atoms. The van der Waals surface area contributed by atoms with Crippen LogP contribution in [0.15, 0.2) is 65.8 Å². The van der Waals surface area contributed by atoms with Gasteiger partial charge in [0.1, 0.15) is 23.5 Å². The van der Waals surface area contributed by atoms with Crippen molar-refractivity contribution < 1.29 is 18.0 Å².